The van der Waals surface area contributed by atoms with Crippen molar-refractivity contribution < 1.29 is 14.6 Å². The Balaban J connectivity index is 1.94. The van der Waals surface area contributed by atoms with Gasteiger partial charge in [0.1, 0.15) is 11.5 Å². The molecule has 156 valence electrons. The van der Waals surface area contributed by atoms with Gasteiger partial charge in [-0.25, -0.2) is 4.79 Å². The van der Waals surface area contributed by atoms with Crippen LogP contribution in [0.4, 0.5) is 0 Å². The molecule has 0 amide bonds. The zero-order valence-electron chi connectivity index (χ0n) is 17.1. The average molecular weight is 475 g/mol. The van der Waals surface area contributed by atoms with Crippen molar-refractivity contribution in [3.05, 3.63) is 113 Å². The van der Waals surface area contributed by atoms with Crippen molar-refractivity contribution in [2.45, 2.75) is 12.8 Å². The molecule has 0 aromatic heterocycles. The van der Waals surface area contributed by atoms with Crippen molar-refractivity contribution in [1.82, 2.24) is 0 Å². The molecule has 3 aromatic carbocycles. The van der Waals surface area contributed by atoms with Crippen molar-refractivity contribution in [2.75, 3.05) is 0 Å². The van der Waals surface area contributed by atoms with E-state index in [1.165, 1.54) is 6.08 Å². The number of carbonyl (C=O) groups is 1. The molecule has 0 unspecified atom stereocenters. The van der Waals surface area contributed by atoms with Crippen LogP contribution >= 0.6 is 15.9 Å². The number of aromatic hydroxyl groups is 1. The lowest BCUT2D eigenvalue weighted by molar-refractivity contribution is -0.128. The van der Waals surface area contributed by atoms with Crippen LogP contribution in [0, 0.1) is 0 Å². The van der Waals surface area contributed by atoms with E-state index in [2.05, 4.69) is 29.1 Å². The van der Waals surface area contributed by atoms with Crippen LogP contribution in [0.5, 0.6) is 11.5 Å². The number of allylic oxidation sites excluding steroid dienone is 2. The molecule has 0 heterocycles. The molecule has 0 atom stereocenters. The monoisotopic (exact) mass is 474 g/mol. The number of carbonyl (C=O) groups excluding carboxylic acids is 1. The molecule has 0 saturated carbocycles. The summed E-state index contributed by atoms with van der Waals surface area (Å²) in [5.41, 5.74) is 4.14. The first-order chi connectivity index (χ1) is 15.0. The summed E-state index contributed by atoms with van der Waals surface area (Å²) >= 11 is 3.39. The second-order valence-corrected chi connectivity index (χ2v) is 7.89. The Labute approximate surface area is 191 Å². The first-order valence-corrected chi connectivity index (χ1v) is 10.6. The molecule has 3 nitrogen and oxygen atoms in total. The molecule has 0 fully saturated rings. The van der Waals surface area contributed by atoms with Crippen LogP contribution in [0.1, 0.15) is 16.7 Å². The zero-order valence-corrected chi connectivity index (χ0v) is 18.6. The third-order valence-electron chi connectivity index (χ3n) is 4.65. The lowest BCUT2D eigenvalue weighted by Crippen LogP contribution is -2.05. The van der Waals surface area contributed by atoms with E-state index in [1.54, 1.807) is 30.4 Å². The predicted molar refractivity (Wildman–Crippen MR) is 130 cm³/mol. The molecular formula is C27H23BrO3. The molecule has 3 rings (SSSR count). The Morgan fingerprint density at radius 3 is 2.16 bits per heavy atom. The molecular weight excluding hydrogens is 452 g/mol. The highest BCUT2D eigenvalue weighted by molar-refractivity contribution is 9.10. The quantitative estimate of drug-likeness (QED) is 0.167. The van der Waals surface area contributed by atoms with Gasteiger partial charge in [0.2, 0.25) is 0 Å². The maximum atomic E-state index is 12.5. The van der Waals surface area contributed by atoms with E-state index >= 15 is 0 Å². The fourth-order valence-corrected chi connectivity index (χ4v) is 3.41. The number of hydrogen-bond acceptors (Lipinski definition) is 3. The van der Waals surface area contributed by atoms with Gasteiger partial charge in [-0.3, -0.25) is 0 Å². The van der Waals surface area contributed by atoms with Crippen LogP contribution < -0.4 is 4.74 Å². The molecule has 0 aliphatic heterocycles. The molecule has 0 saturated heterocycles. The van der Waals surface area contributed by atoms with Crippen LogP contribution in [0.25, 0.3) is 17.2 Å². The molecule has 0 spiro atoms. The van der Waals surface area contributed by atoms with Crippen LogP contribution in [0.3, 0.4) is 0 Å². The van der Waals surface area contributed by atoms with Crippen LogP contribution in [-0.2, 0) is 17.6 Å². The maximum Gasteiger partial charge on any atom is 0.336 e. The second kappa shape index (κ2) is 10.6. The minimum Gasteiger partial charge on any atom is -0.507 e. The molecule has 0 bridgehead atoms. The number of ether oxygens (including phenoxy) is 1. The first kappa shape index (κ1) is 22.3. The van der Waals surface area contributed by atoms with Crippen LogP contribution in [-0.4, -0.2) is 11.1 Å². The molecule has 3 aromatic rings. The smallest absolute Gasteiger partial charge is 0.336 e. The summed E-state index contributed by atoms with van der Waals surface area (Å²) in [6, 6.07) is 18.5. The highest BCUT2D eigenvalue weighted by atomic mass is 79.9. The van der Waals surface area contributed by atoms with Gasteiger partial charge in [0, 0.05) is 21.7 Å². The van der Waals surface area contributed by atoms with E-state index < -0.39 is 5.97 Å². The first-order valence-electron chi connectivity index (χ1n) is 9.82. The number of rotatable bonds is 8. The Morgan fingerprint density at radius 2 is 1.52 bits per heavy atom. The standard InChI is InChI=1S/C27H23BrO3/c1-3-5-20-9-14-25(29)23(17-20)24-18-21(6-4-2)10-15-26(24)31-27(30)16-11-19-7-12-22(28)13-8-19/h3-4,7-18,29H,1-2,5-6H2/b16-11+. The summed E-state index contributed by atoms with van der Waals surface area (Å²) in [5, 5.41) is 10.5. The van der Waals surface area contributed by atoms with Crippen molar-refractivity contribution in [2.24, 2.45) is 0 Å². The summed E-state index contributed by atoms with van der Waals surface area (Å²) in [6.07, 6.45) is 8.03. The van der Waals surface area contributed by atoms with E-state index in [1.807, 2.05) is 48.5 Å². The van der Waals surface area contributed by atoms with Gasteiger partial charge in [0.25, 0.3) is 0 Å². The molecule has 0 aliphatic carbocycles. The lowest BCUT2D eigenvalue weighted by Gasteiger charge is -2.13. The fourth-order valence-electron chi connectivity index (χ4n) is 3.14. The Morgan fingerprint density at radius 1 is 0.903 bits per heavy atom. The predicted octanol–water partition coefficient (Wildman–Crippen LogP) is 6.90. The molecule has 1 N–H and O–H groups in total. The van der Waals surface area contributed by atoms with Gasteiger partial charge in [0.15, 0.2) is 0 Å². The topological polar surface area (TPSA) is 46.5 Å². The SMILES string of the molecule is C=CCc1ccc(O)c(-c2cc(CC=C)ccc2OC(=O)/C=C/c2ccc(Br)cc2)c1. The van der Waals surface area contributed by atoms with Gasteiger partial charge < -0.3 is 9.84 Å². The number of hydrogen-bond donors (Lipinski definition) is 1. The van der Waals surface area contributed by atoms with Gasteiger partial charge in [-0.15, -0.1) is 13.2 Å². The van der Waals surface area contributed by atoms with E-state index in [9.17, 15) is 9.90 Å². The Hall–Kier alpha value is -3.37. The van der Waals surface area contributed by atoms with E-state index in [4.69, 9.17) is 4.74 Å². The second-order valence-electron chi connectivity index (χ2n) is 6.97. The normalized spacial score (nSPS) is 10.7. The van der Waals surface area contributed by atoms with E-state index in [0.29, 0.717) is 29.7 Å². The van der Waals surface area contributed by atoms with Gasteiger partial charge in [-0.1, -0.05) is 52.3 Å². The third kappa shape index (κ3) is 6.06. The van der Waals surface area contributed by atoms with Gasteiger partial charge >= 0.3 is 5.97 Å². The lowest BCUT2D eigenvalue weighted by atomic mass is 9.97. The van der Waals surface area contributed by atoms with Gasteiger partial charge in [-0.05, 0) is 72.0 Å². The van der Waals surface area contributed by atoms with Crippen LogP contribution in [0.2, 0.25) is 0 Å². The van der Waals surface area contributed by atoms with Crippen molar-refractivity contribution in [1.29, 1.82) is 0 Å². The van der Waals surface area contributed by atoms with Crippen LogP contribution in [0.15, 0.2) is 96.5 Å². The summed E-state index contributed by atoms with van der Waals surface area (Å²) in [4.78, 5) is 12.5. The van der Waals surface area contributed by atoms with E-state index in [0.717, 1.165) is 21.2 Å². The van der Waals surface area contributed by atoms with E-state index in [-0.39, 0.29) is 5.75 Å². The zero-order chi connectivity index (χ0) is 22.2. The Bertz CT molecular complexity index is 1130. The number of esters is 1. The summed E-state index contributed by atoms with van der Waals surface area (Å²) in [6.45, 7) is 7.56. The number of phenols is 1. The minimum absolute atomic E-state index is 0.117. The number of halogens is 1. The average Bonchev–Trinajstić information content (AvgIpc) is 2.76. The van der Waals surface area contributed by atoms with Gasteiger partial charge in [-0.2, -0.15) is 0 Å². The highest BCUT2D eigenvalue weighted by Gasteiger charge is 2.14. The maximum absolute atomic E-state index is 12.5. The van der Waals surface area contributed by atoms with Crippen molar-refractivity contribution in [3.63, 3.8) is 0 Å². The Kier molecular flexibility index (Phi) is 7.63. The third-order valence-corrected chi connectivity index (χ3v) is 5.18. The minimum atomic E-state index is -0.498. The summed E-state index contributed by atoms with van der Waals surface area (Å²) < 4.78 is 6.61. The summed E-state index contributed by atoms with van der Waals surface area (Å²) in [5.74, 6) is -0.00188. The highest BCUT2D eigenvalue weighted by Crippen LogP contribution is 2.37. The van der Waals surface area contributed by atoms with Crippen molar-refractivity contribution >= 4 is 28.0 Å². The summed E-state index contributed by atoms with van der Waals surface area (Å²) in [7, 11) is 0. The molecule has 0 radical (unpaired) electrons. The largest absolute Gasteiger partial charge is 0.507 e. The number of benzene rings is 3. The molecule has 0 aliphatic rings. The fraction of sp³-hybridized carbons (Fsp3) is 0.0741. The number of phenolic OH excluding ortho intramolecular Hbond substituents is 1. The van der Waals surface area contributed by atoms with Crippen molar-refractivity contribution in [3.8, 4) is 22.6 Å². The molecule has 4 heteroatoms. The van der Waals surface area contributed by atoms with Gasteiger partial charge in [0.05, 0.1) is 0 Å². The molecule has 31 heavy (non-hydrogen) atoms.